The lowest BCUT2D eigenvalue weighted by atomic mass is 9.96. The molecular formula is C15H16IN. The van der Waals surface area contributed by atoms with E-state index in [1.54, 1.807) is 0 Å². The van der Waals surface area contributed by atoms with Gasteiger partial charge in [-0.1, -0.05) is 47.5 Å². The Labute approximate surface area is 116 Å². The molecule has 0 saturated carbocycles. The predicted octanol–water partition coefficient (Wildman–Crippen LogP) is 3.96. The first-order valence-electron chi connectivity index (χ1n) is 5.66. The summed E-state index contributed by atoms with van der Waals surface area (Å²) in [5.41, 5.74) is 11.3. The molecule has 0 aliphatic carbocycles. The normalized spacial score (nSPS) is 12.5. The molecule has 0 aliphatic heterocycles. The van der Waals surface area contributed by atoms with Gasteiger partial charge < -0.3 is 5.73 Å². The molecule has 0 spiro atoms. The first-order valence-corrected chi connectivity index (χ1v) is 6.74. The summed E-state index contributed by atoms with van der Waals surface area (Å²) in [7, 11) is 0. The van der Waals surface area contributed by atoms with Gasteiger partial charge in [-0.3, -0.25) is 0 Å². The average Bonchev–Trinajstić information content (AvgIpc) is 2.27. The van der Waals surface area contributed by atoms with E-state index in [-0.39, 0.29) is 6.04 Å². The maximum Gasteiger partial charge on any atom is 0.0562 e. The fourth-order valence-corrected chi connectivity index (χ4v) is 2.82. The largest absolute Gasteiger partial charge is 0.320 e. The van der Waals surface area contributed by atoms with Gasteiger partial charge in [0, 0.05) is 3.57 Å². The third-order valence-electron chi connectivity index (χ3n) is 2.84. The van der Waals surface area contributed by atoms with E-state index in [2.05, 4.69) is 66.8 Å². The molecule has 0 heterocycles. The lowest BCUT2D eigenvalue weighted by Crippen LogP contribution is -2.13. The molecule has 0 saturated heterocycles. The number of rotatable bonds is 2. The smallest absolute Gasteiger partial charge is 0.0562 e. The Hall–Kier alpha value is -0.870. The first-order chi connectivity index (χ1) is 8.08. The highest BCUT2D eigenvalue weighted by atomic mass is 127. The minimum atomic E-state index is -0.0401. The van der Waals surface area contributed by atoms with Gasteiger partial charge in [0.25, 0.3) is 0 Å². The molecule has 1 nitrogen and oxygen atoms in total. The van der Waals surface area contributed by atoms with Crippen LogP contribution in [0, 0.1) is 17.4 Å². The molecule has 2 N–H and O–H groups in total. The van der Waals surface area contributed by atoms with Crippen LogP contribution < -0.4 is 5.73 Å². The molecule has 0 radical (unpaired) electrons. The van der Waals surface area contributed by atoms with E-state index in [1.165, 1.54) is 25.8 Å². The average molecular weight is 337 g/mol. The minimum Gasteiger partial charge on any atom is -0.320 e. The van der Waals surface area contributed by atoms with Gasteiger partial charge in [-0.05, 0) is 53.6 Å². The maximum atomic E-state index is 6.35. The van der Waals surface area contributed by atoms with Crippen molar-refractivity contribution in [3.63, 3.8) is 0 Å². The van der Waals surface area contributed by atoms with Crippen LogP contribution in [-0.2, 0) is 0 Å². The van der Waals surface area contributed by atoms with Gasteiger partial charge in [-0.25, -0.2) is 0 Å². The van der Waals surface area contributed by atoms with Crippen LogP contribution in [-0.4, -0.2) is 0 Å². The summed E-state index contributed by atoms with van der Waals surface area (Å²) >= 11 is 2.34. The highest BCUT2D eigenvalue weighted by Crippen LogP contribution is 2.25. The minimum absolute atomic E-state index is 0.0401. The number of hydrogen-bond donors (Lipinski definition) is 1. The summed E-state index contributed by atoms with van der Waals surface area (Å²) in [6, 6.07) is 14.7. The molecule has 17 heavy (non-hydrogen) atoms. The van der Waals surface area contributed by atoms with E-state index < -0.39 is 0 Å². The Morgan fingerprint density at radius 3 is 2.18 bits per heavy atom. The van der Waals surface area contributed by atoms with Crippen LogP contribution >= 0.6 is 22.6 Å². The highest BCUT2D eigenvalue weighted by molar-refractivity contribution is 14.1. The van der Waals surface area contributed by atoms with E-state index in [4.69, 9.17) is 5.73 Å². The number of halogens is 1. The second-order valence-electron chi connectivity index (χ2n) is 4.42. The van der Waals surface area contributed by atoms with Crippen LogP contribution in [0.3, 0.4) is 0 Å². The Bertz CT molecular complexity index is 514. The third kappa shape index (κ3) is 2.87. The van der Waals surface area contributed by atoms with Gasteiger partial charge >= 0.3 is 0 Å². The topological polar surface area (TPSA) is 26.0 Å². The van der Waals surface area contributed by atoms with E-state index in [9.17, 15) is 0 Å². The Kier molecular flexibility index (Phi) is 3.84. The zero-order valence-corrected chi connectivity index (χ0v) is 12.2. The molecular weight excluding hydrogens is 321 g/mol. The van der Waals surface area contributed by atoms with Crippen LogP contribution in [0.25, 0.3) is 0 Å². The molecule has 0 bridgehead atoms. The van der Waals surface area contributed by atoms with E-state index in [0.29, 0.717) is 0 Å². The van der Waals surface area contributed by atoms with E-state index in [0.717, 1.165) is 0 Å². The molecule has 2 aromatic rings. The fourth-order valence-electron chi connectivity index (χ4n) is 2.10. The summed E-state index contributed by atoms with van der Waals surface area (Å²) in [5, 5.41) is 0. The van der Waals surface area contributed by atoms with E-state index in [1.807, 2.05) is 12.1 Å². The summed E-state index contributed by atoms with van der Waals surface area (Å²) < 4.78 is 1.22. The summed E-state index contributed by atoms with van der Waals surface area (Å²) in [4.78, 5) is 0. The molecule has 1 atom stereocenters. The first kappa shape index (κ1) is 12.6. The van der Waals surface area contributed by atoms with Gasteiger partial charge in [-0.15, -0.1) is 0 Å². The highest BCUT2D eigenvalue weighted by Gasteiger charge is 2.12. The van der Waals surface area contributed by atoms with Gasteiger partial charge in [0.05, 0.1) is 6.04 Å². The molecule has 2 heteroatoms. The predicted molar refractivity (Wildman–Crippen MR) is 81.1 cm³/mol. The zero-order valence-electron chi connectivity index (χ0n) is 10.1. The third-order valence-corrected chi connectivity index (χ3v) is 3.83. The van der Waals surface area contributed by atoms with Gasteiger partial charge in [-0.2, -0.15) is 0 Å². The van der Waals surface area contributed by atoms with Crippen molar-refractivity contribution >= 4 is 22.6 Å². The van der Waals surface area contributed by atoms with Crippen LogP contribution in [0.5, 0.6) is 0 Å². The summed E-state index contributed by atoms with van der Waals surface area (Å²) in [6.45, 7) is 4.22. The van der Waals surface area contributed by atoms with Crippen LogP contribution in [0.2, 0.25) is 0 Å². The van der Waals surface area contributed by atoms with Crippen molar-refractivity contribution in [2.75, 3.05) is 0 Å². The van der Waals surface area contributed by atoms with Gasteiger partial charge in [0.1, 0.15) is 0 Å². The summed E-state index contributed by atoms with van der Waals surface area (Å²) in [6.07, 6.45) is 0. The maximum absolute atomic E-state index is 6.35. The van der Waals surface area contributed by atoms with Crippen LogP contribution in [0.4, 0.5) is 0 Å². The number of benzene rings is 2. The van der Waals surface area contributed by atoms with Crippen LogP contribution in [0.1, 0.15) is 28.3 Å². The molecule has 2 rings (SSSR count). The van der Waals surface area contributed by atoms with Crippen molar-refractivity contribution in [2.24, 2.45) is 5.73 Å². The molecule has 0 amide bonds. The monoisotopic (exact) mass is 337 g/mol. The van der Waals surface area contributed by atoms with Crippen molar-refractivity contribution in [1.82, 2.24) is 0 Å². The number of aryl methyl sites for hydroxylation is 2. The van der Waals surface area contributed by atoms with Crippen LogP contribution in [0.15, 0.2) is 42.5 Å². The van der Waals surface area contributed by atoms with E-state index >= 15 is 0 Å². The lowest BCUT2D eigenvalue weighted by Gasteiger charge is -2.15. The van der Waals surface area contributed by atoms with Crippen molar-refractivity contribution < 1.29 is 0 Å². The lowest BCUT2D eigenvalue weighted by molar-refractivity contribution is 0.862. The Balaban J connectivity index is 2.43. The molecule has 88 valence electrons. The zero-order chi connectivity index (χ0) is 12.4. The number of hydrogen-bond acceptors (Lipinski definition) is 1. The molecule has 1 unspecified atom stereocenters. The molecule has 0 aliphatic rings. The Morgan fingerprint density at radius 2 is 1.59 bits per heavy atom. The van der Waals surface area contributed by atoms with Crippen molar-refractivity contribution in [3.8, 4) is 0 Å². The number of nitrogens with two attached hydrogens (primary N) is 1. The summed E-state index contributed by atoms with van der Waals surface area (Å²) in [5.74, 6) is 0. The second kappa shape index (κ2) is 5.19. The quantitative estimate of drug-likeness (QED) is 0.825. The molecule has 2 aromatic carbocycles. The molecule has 0 aromatic heterocycles. The second-order valence-corrected chi connectivity index (χ2v) is 5.58. The van der Waals surface area contributed by atoms with Gasteiger partial charge in [0.2, 0.25) is 0 Å². The van der Waals surface area contributed by atoms with Gasteiger partial charge in [0.15, 0.2) is 0 Å². The van der Waals surface area contributed by atoms with Crippen molar-refractivity contribution in [2.45, 2.75) is 19.9 Å². The standard InChI is InChI=1S/C15H16IN/c1-10-7-11(2)9-12(8-10)15(17)13-5-3-4-6-14(13)16/h3-9,15H,17H2,1-2H3. The molecule has 0 fully saturated rings. The Morgan fingerprint density at radius 1 is 1.00 bits per heavy atom. The fraction of sp³-hybridized carbons (Fsp3) is 0.200. The SMILES string of the molecule is Cc1cc(C)cc(C(N)c2ccccc2I)c1. The van der Waals surface area contributed by atoms with Crippen molar-refractivity contribution in [1.29, 1.82) is 0 Å². The van der Waals surface area contributed by atoms with Crippen molar-refractivity contribution in [3.05, 3.63) is 68.3 Å².